The summed E-state index contributed by atoms with van der Waals surface area (Å²) in [6.45, 7) is 11.8. The fraction of sp³-hybridized carbons (Fsp3) is 0.750. The number of hydrogen-bond acceptors (Lipinski definition) is 5. The van der Waals surface area contributed by atoms with Gasteiger partial charge in [0.15, 0.2) is 10.9 Å². The molecular weight excluding hydrogens is 282 g/mol. The molecule has 3 rings (SSSR count). The van der Waals surface area contributed by atoms with Gasteiger partial charge < -0.3 is 4.90 Å². The van der Waals surface area contributed by atoms with Crippen molar-refractivity contribution in [2.24, 2.45) is 5.41 Å². The first-order valence-electron chi connectivity index (χ1n) is 7.67. The van der Waals surface area contributed by atoms with Crippen LogP contribution in [0, 0.1) is 5.41 Å². The van der Waals surface area contributed by atoms with E-state index in [1.54, 1.807) is 11.3 Å². The maximum atomic E-state index is 12.3. The van der Waals surface area contributed by atoms with Crippen LogP contribution >= 0.6 is 11.3 Å². The number of carbonyl (C=O) groups is 1. The molecule has 0 aromatic carbocycles. The first kappa shape index (κ1) is 15.0. The number of hydrogen-bond donors (Lipinski definition) is 0. The lowest BCUT2D eigenvalue weighted by molar-refractivity contribution is 0.0916. The lowest BCUT2D eigenvalue weighted by Gasteiger charge is -2.45. The topological polar surface area (TPSA) is 36.4 Å². The number of thiazole rings is 1. The van der Waals surface area contributed by atoms with Gasteiger partial charge in [-0.05, 0) is 32.7 Å². The molecule has 0 amide bonds. The Labute approximate surface area is 131 Å². The Hall–Kier alpha value is -0.940. The summed E-state index contributed by atoms with van der Waals surface area (Å²) < 4.78 is 0. The third-order valence-electron chi connectivity index (χ3n) is 4.81. The lowest BCUT2D eigenvalue weighted by Crippen LogP contribution is -2.57. The Morgan fingerprint density at radius 3 is 2.52 bits per heavy atom. The highest BCUT2D eigenvalue weighted by Gasteiger charge is 2.36. The second-order valence-electron chi connectivity index (χ2n) is 7.87. The first-order chi connectivity index (χ1) is 9.68. The van der Waals surface area contributed by atoms with Crippen LogP contribution in [-0.2, 0) is 6.42 Å². The number of nitrogens with zero attached hydrogens (tertiary/aromatic N) is 3. The van der Waals surface area contributed by atoms with Crippen molar-refractivity contribution >= 4 is 22.3 Å². The largest absolute Gasteiger partial charge is 0.345 e. The summed E-state index contributed by atoms with van der Waals surface area (Å²) in [5.74, 6) is 0.276. The summed E-state index contributed by atoms with van der Waals surface area (Å²) in [6, 6.07) is 0. The predicted molar refractivity (Wildman–Crippen MR) is 87.5 cm³/mol. The monoisotopic (exact) mass is 307 g/mol. The van der Waals surface area contributed by atoms with Crippen molar-refractivity contribution in [2.45, 2.75) is 46.1 Å². The van der Waals surface area contributed by atoms with Crippen LogP contribution in [0.25, 0.3) is 0 Å². The molecule has 0 N–H and O–H groups in total. The molecule has 0 radical (unpaired) electrons. The van der Waals surface area contributed by atoms with Crippen molar-refractivity contribution in [3.63, 3.8) is 0 Å². The zero-order valence-electron chi connectivity index (χ0n) is 13.7. The summed E-state index contributed by atoms with van der Waals surface area (Å²) in [5, 5.41) is 1.03. The highest BCUT2D eigenvalue weighted by molar-refractivity contribution is 7.17. The SMILES string of the molecule is CN1CCN(c2nc3c(s2)C(=O)CC(C)(C)C3)CC1(C)C. The van der Waals surface area contributed by atoms with Crippen LogP contribution in [-0.4, -0.2) is 47.9 Å². The fourth-order valence-corrected chi connectivity index (χ4v) is 4.29. The Bertz CT molecular complexity index is 576. The third-order valence-corrected chi connectivity index (χ3v) is 6.01. The highest BCUT2D eigenvalue weighted by atomic mass is 32.1. The van der Waals surface area contributed by atoms with E-state index in [9.17, 15) is 4.79 Å². The Kier molecular flexibility index (Phi) is 3.41. The number of likely N-dealkylation sites (N-methyl/N-ethyl adjacent to an activating group) is 1. The highest BCUT2D eigenvalue weighted by Crippen LogP contribution is 2.39. The summed E-state index contributed by atoms with van der Waals surface area (Å²) >= 11 is 1.60. The van der Waals surface area contributed by atoms with Crippen LogP contribution in [0.5, 0.6) is 0 Å². The molecular formula is C16H25N3OS. The second kappa shape index (κ2) is 4.78. The minimum atomic E-state index is 0.0524. The third kappa shape index (κ3) is 2.73. The Morgan fingerprint density at radius 2 is 1.86 bits per heavy atom. The molecule has 0 unspecified atom stereocenters. The number of piperazine rings is 1. The van der Waals surface area contributed by atoms with Crippen LogP contribution < -0.4 is 4.90 Å². The quantitative estimate of drug-likeness (QED) is 0.799. The van der Waals surface area contributed by atoms with Gasteiger partial charge in [-0.2, -0.15) is 0 Å². The normalized spacial score (nSPS) is 25.0. The second-order valence-corrected chi connectivity index (χ2v) is 8.85. The molecule has 0 spiro atoms. The summed E-state index contributed by atoms with van der Waals surface area (Å²) in [4.78, 5) is 22.8. The molecule has 116 valence electrons. The van der Waals surface area contributed by atoms with Gasteiger partial charge in [0.1, 0.15) is 0 Å². The van der Waals surface area contributed by atoms with Gasteiger partial charge in [-0.25, -0.2) is 4.98 Å². The molecule has 21 heavy (non-hydrogen) atoms. The van der Waals surface area contributed by atoms with Gasteiger partial charge in [0.25, 0.3) is 0 Å². The zero-order chi connectivity index (χ0) is 15.4. The van der Waals surface area contributed by atoms with E-state index >= 15 is 0 Å². The Morgan fingerprint density at radius 1 is 1.14 bits per heavy atom. The molecule has 1 aliphatic carbocycles. The number of ketones is 1. The standard InChI is InChI=1S/C16H25N3OS/c1-15(2)8-11-13(12(20)9-15)21-14(17-11)19-7-6-18(5)16(3,4)10-19/h6-10H2,1-5H3. The van der Waals surface area contributed by atoms with Crippen molar-refractivity contribution < 1.29 is 4.79 Å². The van der Waals surface area contributed by atoms with Crippen molar-refractivity contribution in [1.29, 1.82) is 0 Å². The number of aromatic nitrogens is 1. The minimum absolute atomic E-state index is 0.0524. The molecule has 0 bridgehead atoms. The zero-order valence-corrected chi connectivity index (χ0v) is 14.5. The number of anilines is 1. The van der Waals surface area contributed by atoms with E-state index in [-0.39, 0.29) is 16.7 Å². The molecule has 1 aliphatic heterocycles. The van der Waals surface area contributed by atoms with Crippen molar-refractivity contribution in [2.75, 3.05) is 31.6 Å². The van der Waals surface area contributed by atoms with E-state index in [0.717, 1.165) is 41.8 Å². The molecule has 2 heterocycles. The van der Waals surface area contributed by atoms with Gasteiger partial charge in [-0.3, -0.25) is 9.69 Å². The molecule has 0 saturated carbocycles. The molecule has 1 saturated heterocycles. The summed E-state index contributed by atoms with van der Waals surface area (Å²) in [5.41, 5.74) is 1.22. The van der Waals surface area contributed by atoms with Gasteiger partial charge in [-0.15, -0.1) is 0 Å². The van der Waals surface area contributed by atoms with E-state index in [0.29, 0.717) is 6.42 Å². The first-order valence-corrected chi connectivity index (χ1v) is 8.49. The van der Waals surface area contributed by atoms with Crippen LogP contribution in [0.15, 0.2) is 0 Å². The van der Waals surface area contributed by atoms with Gasteiger partial charge in [-0.1, -0.05) is 25.2 Å². The smallest absolute Gasteiger partial charge is 0.186 e. The van der Waals surface area contributed by atoms with E-state index in [1.165, 1.54) is 0 Å². The van der Waals surface area contributed by atoms with Gasteiger partial charge in [0.05, 0.1) is 10.6 Å². The number of fused-ring (bicyclic) bond motifs is 1. The van der Waals surface area contributed by atoms with Gasteiger partial charge in [0, 0.05) is 31.6 Å². The average Bonchev–Trinajstić information content (AvgIpc) is 2.75. The molecule has 2 aliphatic rings. The molecule has 1 aromatic heterocycles. The van der Waals surface area contributed by atoms with Gasteiger partial charge in [0.2, 0.25) is 0 Å². The maximum Gasteiger partial charge on any atom is 0.186 e. The number of Topliss-reactive ketones (excluding diaryl/α,β-unsaturated/α-hetero) is 1. The molecule has 1 aromatic rings. The van der Waals surface area contributed by atoms with E-state index in [1.807, 2.05) is 0 Å². The molecule has 5 heteroatoms. The van der Waals surface area contributed by atoms with Crippen LogP contribution in [0.3, 0.4) is 0 Å². The molecule has 0 atom stereocenters. The molecule has 4 nitrogen and oxygen atoms in total. The van der Waals surface area contributed by atoms with Crippen LogP contribution in [0.4, 0.5) is 5.13 Å². The fourth-order valence-electron chi connectivity index (χ4n) is 3.25. The predicted octanol–water partition coefficient (Wildman–Crippen LogP) is 2.83. The average molecular weight is 307 g/mol. The summed E-state index contributed by atoms with van der Waals surface area (Å²) in [6.07, 6.45) is 1.57. The minimum Gasteiger partial charge on any atom is -0.345 e. The van der Waals surface area contributed by atoms with Crippen molar-refractivity contribution in [1.82, 2.24) is 9.88 Å². The molecule has 1 fully saturated rings. The van der Waals surface area contributed by atoms with Crippen LogP contribution in [0.2, 0.25) is 0 Å². The van der Waals surface area contributed by atoms with Crippen LogP contribution in [0.1, 0.15) is 49.5 Å². The van der Waals surface area contributed by atoms with Crippen molar-refractivity contribution in [3.8, 4) is 0 Å². The van der Waals surface area contributed by atoms with Crippen molar-refractivity contribution in [3.05, 3.63) is 10.6 Å². The summed E-state index contributed by atoms with van der Waals surface area (Å²) in [7, 11) is 2.18. The van der Waals surface area contributed by atoms with E-state index in [2.05, 4.69) is 44.5 Å². The van der Waals surface area contributed by atoms with E-state index < -0.39 is 0 Å². The Balaban J connectivity index is 1.87. The lowest BCUT2D eigenvalue weighted by atomic mass is 9.78. The number of carbonyl (C=O) groups excluding carboxylic acids is 1. The van der Waals surface area contributed by atoms with E-state index in [4.69, 9.17) is 4.98 Å². The number of rotatable bonds is 1. The van der Waals surface area contributed by atoms with Gasteiger partial charge >= 0.3 is 0 Å². The maximum absolute atomic E-state index is 12.3.